The summed E-state index contributed by atoms with van der Waals surface area (Å²) in [5.74, 6) is 1.45. The summed E-state index contributed by atoms with van der Waals surface area (Å²) in [6, 6.07) is 12.0. The first kappa shape index (κ1) is 37.0. The number of fused-ring (bicyclic) bond motifs is 2. The van der Waals surface area contributed by atoms with Crippen LogP contribution in [0.2, 0.25) is 0 Å². The summed E-state index contributed by atoms with van der Waals surface area (Å²) in [6.45, 7) is 12.5. The topological polar surface area (TPSA) is 142 Å². The molecule has 2 aliphatic rings. The lowest BCUT2D eigenvalue weighted by Crippen LogP contribution is -2.36. The second-order valence-corrected chi connectivity index (χ2v) is 14.7. The van der Waals surface area contributed by atoms with Gasteiger partial charge in [-0.3, -0.25) is 9.80 Å². The Morgan fingerprint density at radius 1 is 0.660 bits per heavy atom. The van der Waals surface area contributed by atoms with E-state index in [2.05, 4.69) is 44.2 Å². The van der Waals surface area contributed by atoms with Gasteiger partial charge in [-0.25, -0.2) is 29.5 Å². The highest BCUT2D eigenvalue weighted by Gasteiger charge is 2.36. The Balaban J connectivity index is 0.00000243. The molecule has 0 bridgehead atoms. The minimum Gasteiger partial charge on any atom is -0.444 e. The van der Waals surface area contributed by atoms with Crippen LogP contribution in [0.3, 0.4) is 0 Å². The maximum absolute atomic E-state index is 12.8. The second-order valence-electron chi connectivity index (χ2n) is 14.7. The number of benzene rings is 1. The number of likely N-dealkylation sites (tertiary alicyclic amines) is 2. The van der Waals surface area contributed by atoms with Crippen molar-refractivity contribution >= 4 is 61.5 Å². The number of amides is 2. The predicted octanol–water partition coefficient (Wildman–Crippen LogP) is 7.93. The third kappa shape index (κ3) is 7.70. The highest BCUT2D eigenvalue weighted by Crippen LogP contribution is 2.35. The summed E-state index contributed by atoms with van der Waals surface area (Å²) < 4.78 is 11.3. The maximum Gasteiger partial charge on any atom is 0.410 e. The van der Waals surface area contributed by atoms with Crippen molar-refractivity contribution in [2.75, 3.05) is 13.1 Å². The van der Waals surface area contributed by atoms with Crippen molar-refractivity contribution in [2.45, 2.75) is 90.5 Å². The standard InChI is InChI=1S/C36H42N8O4.2H2S/c1-35(2,3)47-33(45)43-15-7-9-27(43)31-39-25-17-23(19-37-29(25)41-31)21-11-13-22(14-12-21)24-18-26-30(38-20-24)42-32(40-26)28-10-8-16-44(28)34(46)48-36(4,5)6;;/h11-14,17-20,27-28H,7-10,15-16H2,1-6H3,(H,37,39,41)(H,38,40,42);2*1H2/t27-,28-;;/m0../s1. The summed E-state index contributed by atoms with van der Waals surface area (Å²) in [7, 11) is 0. The Morgan fingerprint density at radius 2 is 1.04 bits per heavy atom. The molecule has 14 heteroatoms. The van der Waals surface area contributed by atoms with Crippen molar-refractivity contribution in [2.24, 2.45) is 0 Å². The minimum atomic E-state index is -0.557. The molecule has 50 heavy (non-hydrogen) atoms. The van der Waals surface area contributed by atoms with Crippen molar-refractivity contribution in [1.29, 1.82) is 0 Å². The zero-order chi connectivity index (χ0) is 33.8. The molecule has 1 aromatic carbocycles. The number of nitrogens with zero attached hydrogens (tertiary/aromatic N) is 6. The molecule has 2 fully saturated rings. The zero-order valence-electron chi connectivity index (χ0n) is 29.3. The van der Waals surface area contributed by atoms with Gasteiger partial charge in [-0.2, -0.15) is 27.0 Å². The molecule has 5 aromatic rings. The average molecular weight is 719 g/mol. The highest BCUT2D eigenvalue weighted by atomic mass is 32.1. The zero-order valence-corrected chi connectivity index (χ0v) is 31.3. The van der Waals surface area contributed by atoms with Crippen LogP contribution in [-0.2, 0) is 9.47 Å². The molecule has 0 saturated carbocycles. The number of imidazole rings is 2. The molecule has 0 radical (unpaired) electrons. The Hall–Kier alpha value is -4.30. The Bertz CT molecular complexity index is 1850. The fourth-order valence-corrected chi connectivity index (χ4v) is 6.50. The molecule has 2 aliphatic heterocycles. The molecule has 2 atom stereocenters. The van der Waals surface area contributed by atoms with Crippen LogP contribution in [0.1, 0.15) is 91.0 Å². The van der Waals surface area contributed by atoms with Gasteiger partial charge in [-0.15, -0.1) is 0 Å². The number of rotatable bonds is 4. The second kappa shape index (κ2) is 14.1. The van der Waals surface area contributed by atoms with Crippen LogP contribution in [-0.4, -0.2) is 76.2 Å². The lowest BCUT2D eigenvalue weighted by Gasteiger charge is -2.27. The van der Waals surface area contributed by atoms with Crippen LogP contribution in [0, 0.1) is 0 Å². The Kier molecular flexibility index (Phi) is 10.5. The number of carbonyl (C=O) groups excluding carboxylic acids is 2. The number of H-pyrrole nitrogens is 2. The molecule has 6 heterocycles. The number of nitrogens with one attached hydrogen (secondary N) is 2. The van der Waals surface area contributed by atoms with Gasteiger partial charge in [-0.05, 0) is 90.5 Å². The van der Waals surface area contributed by atoms with Gasteiger partial charge >= 0.3 is 12.2 Å². The van der Waals surface area contributed by atoms with E-state index >= 15 is 0 Å². The van der Waals surface area contributed by atoms with Crippen molar-refractivity contribution < 1.29 is 19.1 Å². The monoisotopic (exact) mass is 718 g/mol. The molecular weight excluding hydrogens is 673 g/mol. The highest BCUT2D eigenvalue weighted by molar-refractivity contribution is 7.59. The molecule has 7 rings (SSSR count). The van der Waals surface area contributed by atoms with E-state index in [9.17, 15) is 9.59 Å². The van der Waals surface area contributed by atoms with Gasteiger partial charge in [0.2, 0.25) is 0 Å². The van der Waals surface area contributed by atoms with Crippen LogP contribution in [0.5, 0.6) is 0 Å². The molecule has 4 aromatic heterocycles. The lowest BCUT2D eigenvalue weighted by atomic mass is 10.0. The van der Waals surface area contributed by atoms with Crippen molar-refractivity contribution in [3.63, 3.8) is 0 Å². The smallest absolute Gasteiger partial charge is 0.410 e. The fourth-order valence-electron chi connectivity index (χ4n) is 6.50. The van der Waals surface area contributed by atoms with E-state index in [-0.39, 0.29) is 51.3 Å². The molecule has 2 saturated heterocycles. The maximum atomic E-state index is 12.8. The quantitative estimate of drug-likeness (QED) is 0.191. The minimum absolute atomic E-state index is 0. The summed E-state index contributed by atoms with van der Waals surface area (Å²) in [4.78, 5) is 54.8. The largest absolute Gasteiger partial charge is 0.444 e. The van der Waals surface area contributed by atoms with E-state index < -0.39 is 11.2 Å². The number of carbonyl (C=O) groups is 2. The number of ether oxygens (including phenoxy) is 2. The predicted molar refractivity (Wildman–Crippen MR) is 203 cm³/mol. The van der Waals surface area contributed by atoms with Crippen LogP contribution in [0.4, 0.5) is 9.59 Å². The van der Waals surface area contributed by atoms with Gasteiger partial charge in [0, 0.05) is 36.6 Å². The van der Waals surface area contributed by atoms with Crippen LogP contribution < -0.4 is 0 Å². The SMILES string of the molecule is CC(C)(C)OC(=O)N1CCC[C@H]1c1nc2ncc(-c3ccc(-c4cnc5nc([C@@H]6CCCN6C(=O)OC(C)(C)C)[nH]c5c4)cc3)cc2[nH]1.S.S. The summed E-state index contributed by atoms with van der Waals surface area (Å²) in [5.41, 5.74) is 5.70. The normalized spacial score (nSPS) is 17.9. The van der Waals surface area contributed by atoms with Crippen LogP contribution >= 0.6 is 27.0 Å². The van der Waals surface area contributed by atoms with Gasteiger partial charge < -0.3 is 19.4 Å². The van der Waals surface area contributed by atoms with Crippen LogP contribution in [0.15, 0.2) is 48.8 Å². The molecule has 0 unspecified atom stereocenters. The van der Waals surface area contributed by atoms with E-state index in [1.54, 1.807) is 9.80 Å². The first-order valence-electron chi connectivity index (χ1n) is 16.6. The number of aromatic nitrogens is 6. The molecule has 266 valence electrons. The molecule has 2 N–H and O–H groups in total. The first-order chi connectivity index (χ1) is 22.8. The summed E-state index contributed by atoms with van der Waals surface area (Å²) in [5, 5.41) is 0. The van der Waals surface area contributed by atoms with Crippen molar-refractivity contribution in [1.82, 2.24) is 39.7 Å². The van der Waals surface area contributed by atoms with E-state index in [1.807, 2.05) is 66.1 Å². The average Bonchev–Trinajstić information content (AvgIpc) is 3.83. The van der Waals surface area contributed by atoms with Gasteiger partial charge in [0.25, 0.3) is 0 Å². The Morgan fingerprint density at radius 3 is 1.40 bits per heavy atom. The molecule has 12 nitrogen and oxygen atoms in total. The molecule has 2 amide bonds. The van der Waals surface area contributed by atoms with Gasteiger partial charge in [0.1, 0.15) is 22.9 Å². The first-order valence-corrected chi connectivity index (χ1v) is 16.6. The number of aromatic amines is 2. The van der Waals surface area contributed by atoms with E-state index in [1.165, 1.54) is 0 Å². The van der Waals surface area contributed by atoms with Gasteiger partial charge in [-0.1, -0.05) is 24.3 Å². The number of hydrogen-bond acceptors (Lipinski definition) is 8. The van der Waals surface area contributed by atoms with Crippen LogP contribution in [0.25, 0.3) is 44.6 Å². The van der Waals surface area contributed by atoms with E-state index in [4.69, 9.17) is 19.4 Å². The third-order valence-corrected chi connectivity index (χ3v) is 8.66. The molecular formula is C36H46N8O4S2. The van der Waals surface area contributed by atoms with Gasteiger partial charge in [0.05, 0.1) is 23.1 Å². The van der Waals surface area contributed by atoms with Crippen molar-refractivity contribution in [3.05, 3.63) is 60.4 Å². The molecule has 0 spiro atoms. The number of pyridine rings is 2. The lowest BCUT2D eigenvalue weighted by molar-refractivity contribution is 0.0208. The third-order valence-electron chi connectivity index (χ3n) is 8.66. The Labute approximate surface area is 305 Å². The number of hydrogen-bond donors (Lipinski definition) is 2. The van der Waals surface area contributed by atoms with E-state index in [0.29, 0.717) is 24.4 Å². The molecule has 0 aliphatic carbocycles. The fraction of sp³-hybridized carbons (Fsp3) is 0.444. The van der Waals surface area contributed by atoms with Crippen molar-refractivity contribution in [3.8, 4) is 22.3 Å². The summed E-state index contributed by atoms with van der Waals surface area (Å²) >= 11 is 0. The summed E-state index contributed by atoms with van der Waals surface area (Å²) in [6.07, 6.45) is 6.43. The van der Waals surface area contributed by atoms with Gasteiger partial charge in [0.15, 0.2) is 11.3 Å². The van der Waals surface area contributed by atoms with E-state index in [0.717, 1.165) is 70.6 Å².